The Kier molecular flexibility index (Phi) is 2.51. The summed E-state index contributed by atoms with van der Waals surface area (Å²) in [4.78, 5) is 0. The van der Waals surface area contributed by atoms with E-state index >= 15 is 0 Å². The van der Waals surface area contributed by atoms with Gasteiger partial charge in [-0.3, -0.25) is 0 Å². The van der Waals surface area contributed by atoms with Gasteiger partial charge < -0.3 is 0 Å². The fourth-order valence-corrected chi connectivity index (χ4v) is 4.99. The van der Waals surface area contributed by atoms with Gasteiger partial charge in [0.25, 0.3) is 0 Å². The largest absolute Gasteiger partial charge is 0.160 e. The van der Waals surface area contributed by atoms with Crippen LogP contribution in [-0.4, -0.2) is 0 Å². The Bertz CT molecular complexity index is 352. The minimum absolute atomic E-state index is 0.401. The third-order valence-electron chi connectivity index (χ3n) is 1.50. The zero-order valence-corrected chi connectivity index (χ0v) is 9.22. The Morgan fingerprint density at radius 2 is 2.08 bits per heavy atom. The minimum Gasteiger partial charge on any atom is -0.160 e. The van der Waals surface area contributed by atoms with Crippen molar-refractivity contribution in [1.29, 1.82) is 0 Å². The predicted octanol–water partition coefficient (Wildman–Crippen LogP) is 4.37. The number of thiophene rings is 1. The zero-order chi connectivity index (χ0) is 8.55. The van der Waals surface area contributed by atoms with Crippen LogP contribution in [0.25, 0.3) is 0 Å². The maximum absolute atomic E-state index is 6.01. The van der Waals surface area contributed by atoms with Gasteiger partial charge in [-0.05, 0) is 23.6 Å². The lowest BCUT2D eigenvalue weighted by atomic mass is 10.6. The van der Waals surface area contributed by atoms with Crippen molar-refractivity contribution in [1.82, 2.24) is 0 Å². The number of halogens is 2. The van der Waals surface area contributed by atoms with Crippen LogP contribution in [0.5, 0.6) is 0 Å². The smallest absolute Gasteiger partial charge is 0.0939 e. The molecule has 1 aromatic heterocycles. The highest BCUT2D eigenvalue weighted by Crippen LogP contribution is 2.53. The molecule has 0 amide bonds. The maximum Gasteiger partial charge on any atom is 0.0939 e. The van der Waals surface area contributed by atoms with Crippen molar-refractivity contribution in [2.24, 2.45) is 0 Å². The number of hydrogen-bond donors (Lipinski definition) is 1. The molecule has 1 aromatic rings. The standard InChI is InChI=1S/C8H6Cl2S2/c9-6-3-4-8(11-6)12-5-1-2-7(12)10/h1-5,12H. The first-order chi connectivity index (χ1) is 5.77. The first kappa shape index (κ1) is 8.70. The Morgan fingerprint density at radius 3 is 2.58 bits per heavy atom. The van der Waals surface area contributed by atoms with Crippen LogP contribution in [0.3, 0.4) is 0 Å². The van der Waals surface area contributed by atoms with Crippen LogP contribution < -0.4 is 0 Å². The lowest BCUT2D eigenvalue weighted by Crippen LogP contribution is -1.68. The van der Waals surface area contributed by atoms with Gasteiger partial charge in [-0.25, -0.2) is 0 Å². The molecule has 0 saturated carbocycles. The van der Waals surface area contributed by atoms with Gasteiger partial charge >= 0.3 is 0 Å². The fraction of sp³-hybridized carbons (Fsp3) is 0. The lowest BCUT2D eigenvalue weighted by molar-refractivity contribution is 1.74. The van der Waals surface area contributed by atoms with E-state index in [1.54, 1.807) is 11.3 Å². The van der Waals surface area contributed by atoms with Crippen molar-refractivity contribution >= 4 is 45.4 Å². The van der Waals surface area contributed by atoms with Crippen LogP contribution in [-0.2, 0) is 0 Å². The molecule has 2 heterocycles. The molecule has 0 aromatic carbocycles. The number of thiol groups is 1. The van der Waals surface area contributed by atoms with Gasteiger partial charge in [0.2, 0.25) is 0 Å². The molecule has 0 saturated heterocycles. The summed E-state index contributed by atoms with van der Waals surface area (Å²) in [5, 5.41) is 2.14. The monoisotopic (exact) mass is 236 g/mol. The van der Waals surface area contributed by atoms with E-state index in [4.69, 9.17) is 23.2 Å². The van der Waals surface area contributed by atoms with Crippen LogP contribution >= 0.6 is 45.4 Å². The second-order valence-corrected chi connectivity index (χ2v) is 6.97. The molecule has 0 N–H and O–H groups in total. The first-order valence-electron chi connectivity index (χ1n) is 3.36. The molecule has 0 spiro atoms. The summed E-state index contributed by atoms with van der Waals surface area (Å²) < 4.78 is 3.03. The van der Waals surface area contributed by atoms with Gasteiger partial charge in [-0.2, -0.15) is 10.9 Å². The maximum atomic E-state index is 6.01. The van der Waals surface area contributed by atoms with E-state index in [2.05, 4.69) is 5.41 Å². The predicted molar refractivity (Wildman–Crippen MR) is 59.7 cm³/mol. The molecule has 1 atom stereocenters. The minimum atomic E-state index is -0.401. The summed E-state index contributed by atoms with van der Waals surface area (Å²) >= 11 is 13.4. The van der Waals surface area contributed by atoms with E-state index in [1.807, 2.05) is 24.3 Å². The molecule has 1 unspecified atom stereocenters. The first-order valence-corrected chi connectivity index (χ1v) is 6.34. The third kappa shape index (κ3) is 1.57. The van der Waals surface area contributed by atoms with Crippen molar-refractivity contribution < 1.29 is 0 Å². The quantitative estimate of drug-likeness (QED) is 0.689. The molecular weight excluding hydrogens is 231 g/mol. The van der Waals surface area contributed by atoms with Gasteiger partial charge in [-0.1, -0.05) is 29.3 Å². The average Bonchev–Trinajstić information content (AvgIpc) is 2.58. The van der Waals surface area contributed by atoms with Crippen molar-refractivity contribution in [3.8, 4) is 0 Å². The number of rotatable bonds is 1. The van der Waals surface area contributed by atoms with Gasteiger partial charge in [0.05, 0.1) is 12.9 Å². The van der Waals surface area contributed by atoms with Gasteiger partial charge in [0.15, 0.2) is 0 Å². The highest BCUT2D eigenvalue weighted by molar-refractivity contribution is 8.25. The normalized spacial score (nSPS) is 24.5. The second-order valence-electron chi connectivity index (χ2n) is 2.28. The Labute approximate surface area is 87.8 Å². The summed E-state index contributed by atoms with van der Waals surface area (Å²) in [6, 6.07) is 3.96. The highest BCUT2D eigenvalue weighted by atomic mass is 35.5. The lowest BCUT2D eigenvalue weighted by Gasteiger charge is -2.09. The van der Waals surface area contributed by atoms with Crippen LogP contribution in [0.15, 0.2) is 38.3 Å². The molecule has 1 aliphatic heterocycles. The summed E-state index contributed by atoms with van der Waals surface area (Å²) in [5.41, 5.74) is 0. The van der Waals surface area contributed by atoms with Crippen molar-refractivity contribution in [3.05, 3.63) is 38.4 Å². The molecular formula is C8H6Cl2S2. The van der Waals surface area contributed by atoms with Crippen LogP contribution in [0.4, 0.5) is 0 Å². The Balaban J connectivity index is 2.32. The summed E-state index contributed by atoms with van der Waals surface area (Å²) in [6.45, 7) is 0. The Morgan fingerprint density at radius 1 is 1.25 bits per heavy atom. The molecule has 0 aliphatic carbocycles. The summed E-state index contributed by atoms with van der Waals surface area (Å²) in [7, 11) is -0.401. The van der Waals surface area contributed by atoms with Crippen LogP contribution in [0, 0.1) is 0 Å². The van der Waals surface area contributed by atoms with Gasteiger partial charge in [0.1, 0.15) is 0 Å². The molecule has 64 valence electrons. The number of allylic oxidation sites excluding steroid dienone is 2. The van der Waals surface area contributed by atoms with E-state index in [0.717, 1.165) is 8.70 Å². The van der Waals surface area contributed by atoms with E-state index in [1.165, 1.54) is 4.21 Å². The number of hydrogen-bond acceptors (Lipinski definition) is 1. The molecule has 0 nitrogen and oxygen atoms in total. The van der Waals surface area contributed by atoms with Crippen molar-refractivity contribution in [3.63, 3.8) is 0 Å². The van der Waals surface area contributed by atoms with Crippen LogP contribution in [0.2, 0.25) is 4.34 Å². The van der Waals surface area contributed by atoms with Crippen molar-refractivity contribution in [2.45, 2.75) is 4.21 Å². The molecule has 1 aliphatic rings. The molecule has 4 heteroatoms. The Hall–Kier alpha value is 0.110. The SMILES string of the molecule is ClC1=CC=C[SH]1c1ccc(Cl)s1. The van der Waals surface area contributed by atoms with E-state index in [-0.39, 0.29) is 0 Å². The van der Waals surface area contributed by atoms with E-state index in [0.29, 0.717) is 0 Å². The molecule has 0 bridgehead atoms. The zero-order valence-electron chi connectivity index (χ0n) is 6.00. The highest BCUT2D eigenvalue weighted by Gasteiger charge is 2.12. The molecule has 2 rings (SSSR count). The van der Waals surface area contributed by atoms with Gasteiger partial charge in [0, 0.05) is 0 Å². The van der Waals surface area contributed by atoms with Crippen molar-refractivity contribution in [2.75, 3.05) is 0 Å². The molecule has 12 heavy (non-hydrogen) atoms. The molecule has 0 radical (unpaired) electrons. The van der Waals surface area contributed by atoms with E-state index < -0.39 is 10.9 Å². The second kappa shape index (κ2) is 3.46. The fourth-order valence-electron chi connectivity index (χ4n) is 0.973. The van der Waals surface area contributed by atoms with Gasteiger partial charge in [-0.15, -0.1) is 11.3 Å². The topological polar surface area (TPSA) is 0 Å². The average molecular weight is 237 g/mol. The third-order valence-corrected chi connectivity index (χ3v) is 5.77. The van der Waals surface area contributed by atoms with E-state index in [9.17, 15) is 0 Å². The summed E-state index contributed by atoms with van der Waals surface area (Å²) in [6.07, 6.45) is 3.95. The summed E-state index contributed by atoms with van der Waals surface area (Å²) in [5.74, 6) is 0. The van der Waals surface area contributed by atoms with Crippen LogP contribution in [0.1, 0.15) is 0 Å². The molecule has 0 fully saturated rings.